The average molecular weight is 439 g/mol. The molecule has 1 aliphatic heterocycles. The lowest BCUT2D eigenvalue weighted by atomic mass is 10.2. The van der Waals surface area contributed by atoms with Crippen LogP contribution in [0.4, 0.5) is 4.79 Å². The van der Waals surface area contributed by atoms with Gasteiger partial charge in [-0.15, -0.1) is 0 Å². The number of benzene rings is 2. The Morgan fingerprint density at radius 2 is 1.84 bits per heavy atom. The van der Waals surface area contributed by atoms with Gasteiger partial charge in [0.1, 0.15) is 18.4 Å². The largest absolute Gasteiger partial charge is 0.492 e. The molecule has 0 N–H and O–H groups in total. The second-order valence-corrected chi connectivity index (χ2v) is 7.57. The molecule has 0 saturated carbocycles. The first-order chi connectivity index (χ1) is 15.0. The van der Waals surface area contributed by atoms with Crippen LogP contribution in [0.25, 0.3) is 6.08 Å². The second-order valence-electron chi connectivity index (χ2n) is 6.58. The van der Waals surface area contributed by atoms with Crippen LogP contribution in [0.2, 0.25) is 0 Å². The van der Waals surface area contributed by atoms with E-state index in [1.54, 1.807) is 24.3 Å². The van der Waals surface area contributed by atoms with Gasteiger partial charge in [0.05, 0.1) is 18.1 Å². The summed E-state index contributed by atoms with van der Waals surface area (Å²) in [5.41, 5.74) is 1.81. The van der Waals surface area contributed by atoms with E-state index in [0.29, 0.717) is 34.3 Å². The number of hydrogen-bond donors (Lipinski definition) is 0. The molecule has 2 aromatic carbocycles. The molecule has 7 nitrogen and oxygen atoms in total. The topological polar surface area (TPSA) is 88.9 Å². The number of nitrogens with zero attached hydrogens (tertiary/aromatic N) is 2. The lowest BCUT2D eigenvalue weighted by molar-refractivity contribution is -0.123. The first-order valence-corrected chi connectivity index (χ1v) is 10.5. The van der Waals surface area contributed by atoms with E-state index in [0.717, 1.165) is 17.3 Å². The van der Waals surface area contributed by atoms with Crippen molar-refractivity contribution in [1.29, 1.82) is 5.26 Å². The SMILES string of the molecule is CCOc1cc(/C=C2\SC(=O)N(CCOc3ccc(C)cc3)C2=O)ccc1OCC#N. The molecule has 1 heterocycles. The molecule has 1 saturated heterocycles. The predicted octanol–water partition coefficient (Wildman–Crippen LogP) is 4.41. The van der Waals surface area contributed by atoms with Crippen LogP contribution in [0, 0.1) is 18.3 Å². The number of aryl methyl sites for hydroxylation is 1. The molecule has 0 aliphatic carbocycles. The standard InChI is InChI=1S/C23H22N2O5S/c1-3-28-20-14-17(6-9-19(20)30-12-10-24)15-21-22(26)25(23(27)31-21)11-13-29-18-7-4-16(2)5-8-18/h4-9,14-15H,3,11-13H2,1-2H3/b21-15-. The van der Waals surface area contributed by atoms with E-state index in [1.165, 1.54) is 4.90 Å². The molecule has 160 valence electrons. The Morgan fingerprint density at radius 1 is 1.06 bits per heavy atom. The fourth-order valence-corrected chi connectivity index (χ4v) is 3.71. The van der Waals surface area contributed by atoms with Crippen LogP contribution in [-0.2, 0) is 4.79 Å². The minimum absolute atomic E-state index is 0.0943. The van der Waals surface area contributed by atoms with Crippen molar-refractivity contribution in [3.63, 3.8) is 0 Å². The number of carbonyl (C=O) groups is 2. The highest BCUT2D eigenvalue weighted by atomic mass is 32.2. The molecule has 1 fully saturated rings. The molecule has 0 unspecified atom stereocenters. The van der Waals surface area contributed by atoms with E-state index in [1.807, 2.05) is 44.2 Å². The fourth-order valence-electron chi connectivity index (χ4n) is 2.85. The van der Waals surface area contributed by atoms with Crippen LogP contribution in [0.3, 0.4) is 0 Å². The molecule has 1 aliphatic rings. The molecule has 0 spiro atoms. The van der Waals surface area contributed by atoms with E-state index >= 15 is 0 Å². The normalized spacial score (nSPS) is 14.6. The second kappa shape index (κ2) is 10.5. The van der Waals surface area contributed by atoms with Crippen molar-refractivity contribution in [2.24, 2.45) is 0 Å². The summed E-state index contributed by atoms with van der Waals surface area (Å²) in [6, 6.07) is 14.6. The number of amides is 2. The predicted molar refractivity (Wildman–Crippen MR) is 118 cm³/mol. The fraction of sp³-hybridized carbons (Fsp3) is 0.261. The van der Waals surface area contributed by atoms with E-state index in [4.69, 9.17) is 19.5 Å². The molecule has 8 heteroatoms. The van der Waals surface area contributed by atoms with Gasteiger partial charge < -0.3 is 14.2 Å². The number of ether oxygens (including phenoxy) is 3. The number of thioether (sulfide) groups is 1. The van der Waals surface area contributed by atoms with Crippen LogP contribution in [0.15, 0.2) is 47.4 Å². The smallest absolute Gasteiger partial charge is 0.293 e. The van der Waals surface area contributed by atoms with Gasteiger partial charge in [-0.05, 0) is 61.5 Å². The number of rotatable bonds is 9. The highest BCUT2D eigenvalue weighted by molar-refractivity contribution is 8.18. The highest BCUT2D eigenvalue weighted by Crippen LogP contribution is 2.34. The summed E-state index contributed by atoms with van der Waals surface area (Å²) in [7, 11) is 0. The minimum Gasteiger partial charge on any atom is -0.492 e. The van der Waals surface area contributed by atoms with E-state index in [-0.39, 0.29) is 30.9 Å². The maximum atomic E-state index is 12.7. The summed E-state index contributed by atoms with van der Waals surface area (Å²) in [4.78, 5) is 26.5. The Balaban J connectivity index is 1.67. The summed E-state index contributed by atoms with van der Waals surface area (Å²) < 4.78 is 16.5. The number of carbonyl (C=O) groups excluding carboxylic acids is 2. The zero-order valence-electron chi connectivity index (χ0n) is 17.3. The zero-order chi connectivity index (χ0) is 22.2. The highest BCUT2D eigenvalue weighted by Gasteiger charge is 2.34. The summed E-state index contributed by atoms with van der Waals surface area (Å²) in [6.07, 6.45) is 1.64. The third-order valence-corrected chi connectivity index (χ3v) is 5.24. The molecule has 0 radical (unpaired) electrons. The Hall–Kier alpha value is -3.44. The van der Waals surface area contributed by atoms with E-state index < -0.39 is 0 Å². The number of nitriles is 1. The van der Waals surface area contributed by atoms with Crippen LogP contribution in [0.5, 0.6) is 17.2 Å². The third-order valence-electron chi connectivity index (χ3n) is 4.34. The Kier molecular flexibility index (Phi) is 7.57. The zero-order valence-corrected chi connectivity index (χ0v) is 18.1. The van der Waals surface area contributed by atoms with Crippen molar-refractivity contribution in [2.45, 2.75) is 13.8 Å². The molecule has 31 heavy (non-hydrogen) atoms. The van der Waals surface area contributed by atoms with Crippen molar-refractivity contribution >= 4 is 29.0 Å². The van der Waals surface area contributed by atoms with Crippen molar-refractivity contribution in [2.75, 3.05) is 26.4 Å². The van der Waals surface area contributed by atoms with Gasteiger partial charge in [0.25, 0.3) is 11.1 Å². The Morgan fingerprint density at radius 3 is 2.55 bits per heavy atom. The Bertz CT molecular complexity index is 1030. The van der Waals surface area contributed by atoms with Crippen LogP contribution < -0.4 is 14.2 Å². The van der Waals surface area contributed by atoms with Crippen molar-refractivity contribution in [1.82, 2.24) is 4.90 Å². The molecule has 0 aromatic heterocycles. The number of hydrogen-bond acceptors (Lipinski definition) is 7. The summed E-state index contributed by atoms with van der Waals surface area (Å²) in [6.45, 7) is 4.53. The third kappa shape index (κ3) is 5.80. The van der Waals surface area contributed by atoms with Gasteiger partial charge in [0.2, 0.25) is 0 Å². The van der Waals surface area contributed by atoms with Gasteiger partial charge >= 0.3 is 0 Å². The lowest BCUT2D eigenvalue weighted by Crippen LogP contribution is -2.32. The molecule has 0 atom stereocenters. The Labute approximate surface area is 185 Å². The van der Waals surface area contributed by atoms with Gasteiger partial charge in [-0.25, -0.2) is 0 Å². The van der Waals surface area contributed by atoms with E-state index in [2.05, 4.69) is 0 Å². The summed E-state index contributed by atoms with van der Waals surface area (Å²) in [5, 5.41) is 8.37. The molecule has 2 aromatic rings. The first-order valence-electron chi connectivity index (χ1n) is 9.73. The monoisotopic (exact) mass is 438 g/mol. The minimum atomic E-state index is -0.356. The maximum Gasteiger partial charge on any atom is 0.293 e. The maximum absolute atomic E-state index is 12.7. The molecule has 3 rings (SSSR count). The van der Waals surface area contributed by atoms with Crippen molar-refractivity contribution in [3.8, 4) is 23.3 Å². The summed E-state index contributed by atoms with van der Waals surface area (Å²) >= 11 is 0.890. The van der Waals surface area contributed by atoms with E-state index in [9.17, 15) is 9.59 Å². The van der Waals surface area contributed by atoms with Crippen LogP contribution in [-0.4, -0.2) is 42.4 Å². The lowest BCUT2D eigenvalue weighted by Gasteiger charge is -2.13. The van der Waals surface area contributed by atoms with Crippen LogP contribution >= 0.6 is 11.8 Å². The average Bonchev–Trinajstić information content (AvgIpc) is 3.02. The van der Waals surface area contributed by atoms with Gasteiger partial charge in [-0.3, -0.25) is 14.5 Å². The molecule has 2 amide bonds. The summed E-state index contributed by atoms with van der Waals surface area (Å²) in [5.74, 6) is 1.25. The quantitative estimate of drug-likeness (QED) is 0.536. The van der Waals surface area contributed by atoms with Gasteiger partial charge in [0, 0.05) is 0 Å². The number of imide groups is 1. The molecular weight excluding hydrogens is 416 g/mol. The van der Waals surface area contributed by atoms with Gasteiger partial charge in [-0.1, -0.05) is 23.8 Å². The molecular formula is C23H22N2O5S. The van der Waals surface area contributed by atoms with Crippen LogP contribution in [0.1, 0.15) is 18.1 Å². The van der Waals surface area contributed by atoms with Crippen molar-refractivity contribution < 1.29 is 23.8 Å². The van der Waals surface area contributed by atoms with Gasteiger partial charge in [0.15, 0.2) is 18.1 Å². The van der Waals surface area contributed by atoms with Crippen molar-refractivity contribution in [3.05, 3.63) is 58.5 Å². The first kappa shape index (κ1) is 22.2. The van der Waals surface area contributed by atoms with Gasteiger partial charge in [-0.2, -0.15) is 5.26 Å². The molecule has 0 bridgehead atoms.